The summed E-state index contributed by atoms with van der Waals surface area (Å²) in [4.78, 5) is 25.6. The van der Waals surface area contributed by atoms with Crippen molar-refractivity contribution in [2.45, 2.75) is 38.7 Å². The van der Waals surface area contributed by atoms with Gasteiger partial charge in [-0.05, 0) is 30.2 Å². The van der Waals surface area contributed by atoms with Crippen LogP contribution in [0.5, 0.6) is 0 Å². The van der Waals surface area contributed by atoms with Crippen LogP contribution < -0.4 is 0 Å². The van der Waals surface area contributed by atoms with E-state index in [1.165, 1.54) is 17.7 Å². The Labute approximate surface area is 125 Å². The van der Waals surface area contributed by atoms with Crippen LogP contribution in [0.3, 0.4) is 0 Å². The van der Waals surface area contributed by atoms with E-state index < -0.39 is 6.09 Å². The lowest BCUT2D eigenvalue weighted by atomic mass is 9.75. The first-order chi connectivity index (χ1) is 10.2. The molecule has 1 saturated heterocycles. The summed E-state index contributed by atoms with van der Waals surface area (Å²) in [6.45, 7) is 0.759. The van der Waals surface area contributed by atoms with Crippen LogP contribution in [0.15, 0.2) is 30.3 Å². The summed E-state index contributed by atoms with van der Waals surface area (Å²) in [6.07, 6.45) is 4.69. The minimum atomic E-state index is -0.493. The van der Waals surface area contributed by atoms with Gasteiger partial charge in [0, 0.05) is 13.0 Å². The van der Waals surface area contributed by atoms with Crippen molar-refractivity contribution in [1.82, 2.24) is 4.90 Å². The van der Waals surface area contributed by atoms with Crippen LogP contribution in [0.2, 0.25) is 0 Å². The summed E-state index contributed by atoms with van der Waals surface area (Å²) < 4.78 is 5.28. The third kappa shape index (κ3) is 3.26. The molecule has 0 aromatic heterocycles. The molecule has 1 heterocycles. The second-order valence-corrected chi connectivity index (χ2v) is 6.05. The first-order valence-corrected chi connectivity index (χ1v) is 7.75. The number of benzene rings is 1. The summed E-state index contributed by atoms with van der Waals surface area (Å²) in [5.74, 6) is 0.876. The molecule has 2 fully saturated rings. The molecule has 21 heavy (non-hydrogen) atoms. The van der Waals surface area contributed by atoms with Gasteiger partial charge in [-0.2, -0.15) is 0 Å². The highest BCUT2D eigenvalue weighted by molar-refractivity contribution is 5.92. The van der Waals surface area contributed by atoms with E-state index >= 15 is 0 Å². The minimum absolute atomic E-state index is 0.0730. The zero-order chi connectivity index (χ0) is 14.7. The van der Waals surface area contributed by atoms with E-state index in [4.69, 9.17) is 4.74 Å². The third-order valence-corrected chi connectivity index (χ3v) is 4.65. The molecule has 1 aliphatic carbocycles. The summed E-state index contributed by atoms with van der Waals surface area (Å²) in [6, 6.07) is 9.54. The number of ether oxygens (including phenoxy) is 1. The molecule has 1 aliphatic heterocycles. The molecule has 0 N–H and O–H groups in total. The Kier molecular flexibility index (Phi) is 4.23. The summed E-state index contributed by atoms with van der Waals surface area (Å²) in [5, 5.41) is 0. The van der Waals surface area contributed by atoms with Crippen molar-refractivity contribution < 1.29 is 14.3 Å². The van der Waals surface area contributed by atoms with Crippen molar-refractivity contribution in [2.24, 2.45) is 11.8 Å². The topological polar surface area (TPSA) is 46.6 Å². The normalized spacial score (nSPS) is 25.3. The molecule has 3 rings (SSSR count). The van der Waals surface area contributed by atoms with Gasteiger partial charge >= 0.3 is 6.09 Å². The first kappa shape index (κ1) is 14.1. The molecular formula is C17H21NO3. The van der Waals surface area contributed by atoms with Crippen molar-refractivity contribution in [3.8, 4) is 0 Å². The van der Waals surface area contributed by atoms with Crippen LogP contribution in [0.25, 0.3) is 0 Å². The molecule has 4 nitrogen and oxygen atoms in total. The number of carbonyl (C=O) groups is 2. The van der Waals surface area contributed by atoms with Gasteiger partial charge in [0.05, 0.1) is 0 Å². The number of nitrogens with zero attached hydrogens (tertiary/aromatic N) is 1. The summed E-state index contributed by atoms with van der Waals surface area (Å²) in [7, 11) is 0. The number of hydrogen-bond acceptors (Lipinski definition) is 3. The third-order valence-electron chi connectivity index (χ3n) is 4.65. The Morgan fingerprint density at radius 1 is 1.14 bits per heavy atom. The number of piperidine rings is 1. The molecular weight excluding hydrogens is 266 g/mol. The summed E-state index contributed by atoms with van der Waals surface area (Å²) >= 11 is 0. The zero-order valence-electron chi connectivity index (χ0n) is 12.2. The highest BCUT2D eigenvalue weighted by Gasteiger charge is 2.38. The predicted octanol–water partition coefficient (Wildman–Crippen LogP) is 3.36. The van der Waals surface area contributed by atoms with Crippen LogP contribution in [-0.2, 0) is 16.1 Å². The quantitative estimate of drug-likeness (QED) is 0.838. The zero-order valence-corrected chi connectivity index (χ0v) is 12.2. The molecule has 0 radical (unpaired) electrons. The van der Waals surface area contributed by atoms with Crippen molar-refractivity contribution in [1.29, 1.82) is 0 Å². The van der Waals surface area contributed by atoms with E-state index in [1.807, 2.05) is 30.3 Å². The van der Waals surface area contributed by atoms with Gasteiger partial charge in [-0.1, -0.05) is 43.2 Å². The van der Waals surface area contributed by atoms with Crippen molar-refractivity contribution in [2.75, 3.05) is 6.54 Å². The van der Waals surface area contributed by atoms with Crippen LogP contribution in [0, 0.1) is 11.8 Å². The fourth-order valence-corrected chi connectivity index (χ4v) is 3.44. The number of imide groups is 1. The van der Waals surface area contributed by atoms with Gasteiger partial charge in [-0.3, -0.25) is 4.79 Å². The number of fused-ring (bicyclic) bond motifs is 1. The average molecular weight is 287 g/mol. The first-order valence-electron chi connectivity index (χ1n) is 7.75. The van der Waals surface area contributed by atoms with Crippen LogP contribution in [0.1, 0.15) is 37.7 Å². The molecule has 0 spiro atoms. The largest absolute Gasteiger partial charge is 0.444 e. The van der Waals surface area contributed by atoms with E-state index in [0.29, 0.717) is 24.8 Å². The second-order valence-electron chi connectivity index (χ2n) is 6.05. The van der Waals surface area contributed by atoms with Crippen molar-refractivity contribution in [3.63, 3.8) is 0 Å². The maximum Gasteiger partial charge on any atom is 0.416 e. The Bertz CT molecular complexity index is 514. The molecule has 1 aromatic rings. The molecule has 2 amide bonds. The predicted molar refractivity (Wildman–Crippen MR) is 78.4 cm³/mol. The highest BCUT2D eigenvalue weighted by atomic mass is 16.6. The minimum Gasteiger partial charge on any atom is -0.444 e. The molecule has 2 aliphatic rings. The Morgan fingerprint density at radius 2 is 1.86 bits per heavy atom. The molecule has 0 unspecified atom stereocenters. The van der Waals surface area contributed by atoms with Gasteiger partial charge in [0.15, 0.2) is 0 Å². The fourth-order valence-electron chi connectivity index (χ4n) is 3.44. The van der Waals surface area contributed by atoms with Crippen LogP contribution in [-0.4, -0.2) is 23.4 Å². The second kappa shape index (κ2) is 6.29. The fraction of sp³-hybridized carbons (Fsp3) is 0.529. The van der Waals surface area contributed by atoms with E-state index in [2.05, 4.69) is 0 Å². The Morgan fingerprint density at radius 3 is 2.62 bits per heavy atom. The molecule has 112 valence electrons. The number of amides is 2. The molecule has 1 saturated carbocycles. The Hall–Kier alpha value is -1.84. The van der Waals surface area contributed by atoms with E-state index in [1.54, 1.807) is 0 Å². The SMILES string of the molecule is O=C1C[C@@H]2CCCC[C@@H]2CN1C(=O)OCc1ccccc1. The van der Waals surface area contributed by atoms with Gasteiger partial charge in [-0.15, -0.1) is 0 Å². The molecule has 1 aromatic carbocycles. The van der Waals surface area contributed by atoms with E-state index in [-0.39, 0.29) is 12.5 Å². The molecule has 2 atom stereocenters. The smallest absolute Gasteiger partial charge is 0.416 e. The molecule has 0 bridgehead atoms. The maximum absolute atomic E-state index is 12.1. The van der Waals surface area contributed by atoms with Gasteiger partial charge in [-0.25, -0.2) is 9.69 Å². The van der Waals surface area contributed by atoms with Gasteiger partial charge in [0.1, 0.15) is 6.61 Å². The van der Waals surface area contributed by atoms with Crippen LogP contribution >= 0.6 is 0 Å². The van der Waals surface area contributed by atoms with Gasteiger partial charge in [0.2, 0.25) is 5.91 Å². The highest BCUT2D eigenvalue weighted by Crippen LogP contribution is 2.36. The standard InChI is InChI=1S/C17H21NO3/c19-16-10-14-8-4-5-9-15(14)11-18(16)17(20)21-12-13-6-2-1-3-7-13/h1-3,6-7,14-15H,4-5,8-12H2/t14-,15+/m0/s1. The van der Waals surface area contributed by atoms with Gasteiger partial charge < -0.3 is 4.74 Å². The maximum atomic E-state index is 12.1. The monoisotopic (exact) mass is 287 g/mol. The van der Waals surface area contributed by atoms with Crippen molar-refractivity contribution in [3.05, 3.63) is 35.9 Å². The number of likely N-dealkylation sites (tertiary alicyclic amines) is 1. The van der Waals surface area contributed by atoms with E-state index in [0.717, 1.165) is 18.4 Å². The lowest BCUT2D eigenvalue weighted by Gasteiger charge is -2.39. The molecule has 4 heteroatoms. The number of rotatable bonds is 2. The average Bonchev–Trinajstić information content (AvgIpc) is 2.53. The number of carbonyl (C=O) groups excluding carboxylic acids is 2. The van der Waals surface area contributed by atoms with E-state index in [9.17, 15) is 9.59 Å². The van der Waals surface area contributed by atoms with Crippen LogP contribution in [0.4, 0.5) is 4.79 Å². The summed E-state index contributed by atoms with van der Waals surface area (Å²) in [5.41, 5.74) is 0.936. The van der Waals surface area contributed by atoms with Crippen molar-refractivity contribution >= 4 is 12.0 Å². The van der Waals surface area contributed by atoms with Gasteiger partial charge in [0.25, 0.3) is 0 Å². The lowest BCUT2D eigenvalue weighted by Crippen LogP contribution is -2.48. The number of hydrogen-bond donors (Lipinski definition) is 0. The Balaban J connectivity index is 1.57. The lowest BCUT2D eigenvalue weighted by molar-refractivity contribution is -0.136.